The van der Waals surface area contributed by atoms with Crippen LogP contribution in [-0.4, -0.2) is 25.1 Å². The van der Waals surface area contributed by atoms with E-state index in [0.29, 0.717) is 5.56 Å². The maximum atomic E-state index is 8.87. The van der Waals surface area contributed by atoms with Gasteiger partial charge in [0.05, 0.1) is 5.56 Å². The smallest absolute Gasteiger partial charge is 0.128 e. The number of pyridine rings is 1. The molecule has 0 spiro atoms. The van der Waals surface area contributed by atoms with E-state index >= 15 is 0 Å². The lowest BCUT2D eigenvalue weighted by Gasteiger charge is -2.31. The Morgan fingerprint density at radius 1 is 1.13 bits per heavy atom. The number of piperidine rings is 1. The highest BCUT2D eigenvalue weighted by Crippen LogP contribution is 2.26. The van der Waals surface area contributed by atoms with Crippen LogP contribution in [0.4, 0.5) is 11.5 Å². The summed E-state index contributed by atoms with van der Waals surface area (Å²) >= 11 is 0. The molecule has 3 rings (SSSR count). The van der Waals surface area contributed by atoms with Gasteiger partial charge in [-0.3, -0.25) is 0 Å². The molecule has 23 heavy (non-hydrogen) atoms. The summed E-state index contributed by atoms with van der Waals surface area (Å²) in [4.78, 5) is 9.01. The number of nitrogens with zero attached hydrogens (tertiary/aromatic N) is 4. The van der Waals surface area contributed by atoms with Crippen molar-refractivity contribution in [1.29, 1.82) is 5.26 Å². The SMILES string of the molecule is CN(Cc1ccccc1N1CCCCC1)c1ccc(C#N)cn1. The van der Waals surface area contributed by atoms with Gasteiger partial charge < -0.3 is 9.80 Å². The van der Waals surface area contributed by atoms with E-state index in [-0.39, 0.29) is 0 Å². The van der Waals surface area contributed by atoms with Gasteiger partial charge in [0.15, 0.2) is 0 Å². The minimum absolute atomic E-state index is 0.593. The summed E-state index contributed by atoms with van der Waals surface area (Å²) in [6.07, 6.45) is 5.53. The van der Waals surface area contributed by atoms with Gasteiger partial charge in [0.1, 0.15) is 11.9 Å². The number of rotatable bonds is 4. The van der Waals surface area contributed by atoms with Gasteiger partial charge in [0, 0.05) is 38.6 Å². The molecule has 1 aliphatic heterocycles. The van der Waals surface area contributed by atoms with Crippen molar-refractivity contribution in [3.8, 4) is 6.07 Å². The van der Waals surface area contributed by atoms with Gasteiger partial charge in [-0.1, -0.05) is 18.2 Å². The zero-order chi connectivity index (χ0) is 16.1. The predicted octanol–water partition coefficient (Wildman–Crippen LogP) is 3.58. The first-order chi connectivity index (χ1) is 11.3. The zero-order valence-electron chi connectivity index (χ0n) is 13.6. The second-order valence-electron chi connectivity index (χ2n) is 6.05. The summed E-state index contributed by atoms with van der Waals surface area (Å²) in [6.45, 7) is 3.11. The van der Waals surface area contributed by atoms with Gasteiger partial charge in [-0.15, -0.1) is 0 Å². The van der Waals surface area contributed by atoms with Crippen LogP contribution < -0.4 is 9.80 Å². The molecule has 0 N–H and O–H groups in total. The third-order valence-electron chi connectivity index (χ3n) is 4.36. The average Bonchev–Trinajstić information content (AvgIpc) is 2.63. The lowest BCUT2D eigenvalue weighted by atomic mass is 10.1. The quantitative estimate of drug-likeness (QED) is 0.866. The van der Waals surface area contributed by atoms with Gasteiger partial charge in [-0.25, -0.2) is 4.98 Å². The Labute approximate surface area is 138 Å². The maximum Gasteiger partial charge on any atom is 0.128 e. The molecule has 0 unspecified atom stereocenters. The molecule has 1 aliphatic rings. The van der Waals surface area contributed by atoms with Gasteiger partial charge in [0.2, 0.25) is 0 Å². The highest BCUT2D eigenvalue weighted by Gasteiger charge is 2.15. The van der Waals surface area contributed by atoms with Crippen LogP contribution in [0.5, 0.6) is 0 Å². The number of para-hydroxylation sites is 1. The molecule has 4 nitrogen and oxygen atoms in total. The minimum Gasteiger partial charge on any atom is -0.371 e. The molecule has 1 fully saturated rings. The molecule has 0 atom stereocenters. The van der Waals surface area contributed by atoms with Crippen LogP contribution in [-0.2, 0) is 6.54 Å². The van der Waals surface area contributed by atoms with E-state index in [0.717, 1.165) is 25.5 Å². The molecule has 118 valence electrons. The van der Waals surface area contributed by atoms with Crippen molar-refractivity contribution in [3.05, 3.63) is 53.7 Å². The van der Waals surface area contributed by atoms with Crippen molar-refractivity contribution in [2.24, 2.45) is 0 Å². The first kappa shape index (κ1) is 15.4. The summed E-state index contributed by atoms with van der Waals surface area (Å²) in [5, 5.41) is 8.87. The number of benzene rings is 1. The van der Waals surface area contributed by atoms with Crippen molar-refractivity contribution < 1.29 is 0 Å². The summed E-state index contributed by atoms with van der Waals surface area (Å²) < 4.78 is 0. The molecule has 1 saturated heterocycles. The van der Waals surface area contributed by atoms with Crippen molar-refractivity contribution in [3.63, 3.8) is 0 Å². The van der Waals surface area contributed by atoms with Crippen molar-refractivity contribution >= 4 is 11.5 Å². The summed E-state index contributed by atoms with van der Waals surface area (Å²) in [7, 11) is 2.04. The summed E-state index contributed by atoms with van der Waals surface area (Å²) in [5.74, 6) is 0.887. The van der Waals surface area contributed by atoms with E-state index in [9.17, 15) is 0 Å². The second-order valence-corrected chi connectivity index (χ2v) is 6.05. The number of hydrogen-bond donors (Lipinski definition) is 0. The molecule has 0 saturated carbocycles. The van der Waals surface area contributed by atoms with Gasteiger partial charge >= 0.3 is 0 Å². The topological polar surface area (TPSA) is 43.2 Å². The fourth-order valence-corrected chi connectivity index (χ4v) is 3.10. The lowest BCUT2D eigenvalue weighted by Crippen LogP contribution is -2.31. The van der Waals surface area contributed by atoms with Crippen LogP contribution in [0.2, 0.25) is 0 Å². The Balaban J connectivity index is 1.77. The van der Waals surface area contributed by atoms with E-state index in [1.807, 2.05) is 19.2 Å². The normalized spacial score (nSPS) is 14.3. The van der Waals surface area contributed by atoms with E-state index in [1.54, 1.807) is 6.20 Å². The minimum atomic E-state index is 0.593. The molecule has 1 aromatic carbocycles. The fraction of sp³-hybridized carbons (Fsp3) is 0.368. The largest absolute Gasteiger partial charge is 0.371 e. The monoisotopic (exact) mass is 306 g/mol. The summed E-state index contributed by atoms with van der Waals surface area (Å²) in [5.41, 5.74) is 3.26. The number of anilines is 2. The highest BCUT2D eigenvalue weighted by atomic mass is 15.2. The lowest BCUT2D eigenvalue weighted by molar-refractivity contribution is 0.576. The van der Waals surface area contributed by atoms with Crippen LogP contribution in [0.15, 0.2) is 42.6 Å². The Morgan fingerprint density at radius 2 is 1.91 bits per heavy atom. The van der Waals surface area contributed by atoms with Crippen LogP contribution in [0.25, 0.3) is 0 Å². The predicted molar refractivity (Wildman–Crippen MR) is 93.6 cm³/mol. The Bertz CT molecular complexity index is 681. The second kappa shape index (κ2) is 7.15. The molecule has 1 aromatic heterocycles. The van der Waals surface area contributed by atoms with E-state index in [1.165, 1.54) is 30.5 Å². The standard InChI is InChI=1S/C19H22N4/c1-22(19-10-9-16(13-20)14-21-19)15-17-7-3-4-8-18(17)23-11-5-2-6-12-23/h3-4,7-10,14H,2,5-6,11-12,15H2,1H3. The number of aromatic nitrogens is 1. The zero-order valence-corrected chi connectivity index (χ0v) is 13.6. The molecule has 2 aromatic rings. The number of hydrogen-bond acceptors (Lipinski definition) is 4. The molecular formula is C19H22N4. The van der Waals surface area contributed by atoms with E-state index < -0.39 is 0 Å². The fourth-order valence-electron chi connectivity index (χ4n) is 3.10. The van der Waals surface area contributed by atoms with Gasteiger partial charge in [0.25, 0.3) is 0 Å². The van der Waals surface area contributed by atoms with Gasteiger partial charge in [-0.05, 0) is 43.0 Å². The molecule has 0 amide bonds. The Kier molecular flexibility index (Phi) is 4.77. The first-order valence-electron chi connectivity index (χ1n) is 8.18. The van der Waals surface area contributed by atoms with Crippen molar-refractivity contribution in [2.75, 3.05) is 29.9 Å². The third-order valence-corrected chi connectivity index (χ3v) is 4.36. The molecule has 0 radical (unpaired) electrons. The van der Waals surface area contributed by atoms with Gasteiger partial charge in [-0.2, -0.15) is 5.26 Å². The van der Waals surface area contributed by atoms with Crippen molar-refractivity contribution in [2.45, 2.75) is 25.8 Å². The van der Waals surface area contributed by atoms with Crippen molar-refractivity contribution in [1.82, 2.24) is 4.98 Å². The van der Waals surface area contributed by atoms with Crippen LogP contribution in [0.3, 0.4) is 0 Å². The Morgan fingerprint density at radius 3 is 2.61 bits per heavy atom. The molecule has 2 heterocycles. The number of nitriles is 1. The van der Waals surface area contributed by atoms with Crippen LogP contribution in [0, 0.1) is 11.3 Å². The Hall–Kier alpha value is -2.54. The highest BCUT2D eigenvalue weighted by molar-refractivity contribution is 5.55. The third kappa shape index (κ3) is 3.62. The van der Waals surface area contributed by atoms with E-state index in [2.05, 4.69) is 45.1 Å². The molecule has 0 aliphatic carbocycles. The van der Waals surface area contributed by atoms with Crippen LogP contribution in [0.1, 0.15) is 30.4 Å². The van der Waals surface area contributed by atoms with Crippen LogP contribution >= 0.6 is 0 Å². The molecule has 4 heteroatoms. The molecule has 0 bridgehead atoms. The van der Waals surface area contributed by atoms with E-state index in [4.69, 9.17) is 5.26 Å². The average molecular weight is 306 g/mol. The molecular weight excluding hydrogens is 284 g/mol. The summed E-state index contributed by atoms with van der Waals surface area (Å²) in [6, 6.07) is 14.5. The first-order valence-corrected chi connectivity index (χ1v) is 8.18. The maximum absolute atomic E-state index is 8.87.